The van der Waals surface area contributed by atoms with E-state index in [0.717, 1.165) is 27.9 Å². The molecule has 0 aliphatic carbocycles. The maximum absolute atomic E-state index is 9.46. The predicted molar refractivity (Wildman–Crippen MR) is 122 cm³/mol. The molecule has 0 amide bonds. The number of nitrogens with two attached hydrogens (primary N) is 1. The number of rotatable bonds is 9. The Morgan fingerprint density at radius 2 is 1.94 bits per heavy atom. The lowest BCUT2D eigenvalue weighted by atomic mass is 10.0. The highest BCUT2D eigenvalue weighted by Crippen LogP contribution is 2.33. The fraction of sp³-hybridized carbons (Fsp3) is 0.292. The van der Waals surface area contributed by atoms with Crippen LogP contribution in [0.4, 0.5) is 0 Å². The van der Waals surface area contributed by atoms with Crippen LogP contribution >= 0.6 is 0 Å². The van der Waals surface area contributed by atoms with Crippen LogP contribution in [0.1, 0.15) is 37.2 Å². The van der Waals surface area contributed by atoms with E-state index in [0.29, 0.717) is 36.7 Å². The molecule has 4 rings (SSSR count). The number of aliphatic hydroxyl groups is 2. The van der Waals surface area contributed by atoms with E-state index in [2.05, 4.69) is 10.1 Å². The first-order valence-corrected chi connectivity index (χ1v) is 10.7. The summed E-state index contributed by atoms with van der Waals surface area (Å²) in [6.45, 7) is 2.42. The standard InChI is InChI=1S/C24H27N5O3/c1-2-32-23-13-16(20-8-4-9-21(28-20)19(25)7-5-11-30)12-22-18(23)14-26-29(22)24-10-3-6-17(15-31)27-24/h3-4,6,8-10,12-14,19,30-31H,2,5,7,11,15,25H2,1H3/t19-/m0/s1. The normalized spacial score (nSPS) is 12.2. The second-order valence-corrected chi connectivity index (χ2v) is 7.46. The minimum absolute atomic E-state index is 0.108. The van der Waals surface area contributed by atoms with E-state index in [-0.39, 0.29) is 19.3 Å². The van der Waals surface area contributed by atoms with Gasteiger partial charge in [0, 0.05) is 18.2 Å². The Morgan fingerprint density at radius 3 is 2.72 bits per heavy atom. The van der Waals surface area contributed by atoms with Crippen LogP contribution in [0.15, 0.2) is 54.7 Å². The van der Waals surface area contributed by atoms with Crippen molar-refractivity contribution in [2.45, 2.75) is 32.4 Å². The van der Waals surface area contributed by atoms with Gasteiger partial charge in [-0.2, -0.15) is 5.10 Å². The van der Waals surface area contributed by atoms with Crippen molar-refractivity contribution in [1.29, 1.82) is 0 Å². The summed E-state index contributed by atoms with van der Waals surface area (Å²) in [7, 11) is 0. The molecule has 0 saturated carbocycles. The number of aliphatic hydroxyl groups excluding tert-OH is 2. The minimum atomic E-state index is -0.242. The van der Waals surface area contributed by atoms with Gasteiger partial charge in [-0.1, -0.05) is 12.1 Å². The maximum atomic E-state index is 9.46. The molecule has 0 spiro atoms. The Hall–Kier alpha value is -3.33. The molecule has 0 bridgehead atoms. The van der Waals surface area contributed by atoms with Crippen LogP contribution in [0.25, 0.3) is 28.0 Å². The lowest BCUT2D eigenvalue weighted by Crippen LogP contribution is -2.12. The van der Waals surface area contributed by atoms with Crippen LogP contribution in [0.5, 0.6) is 5.75 Å². The van der Waals surface area contributed by atoms with Crippen molar-refractivity contribution < 1.29 is 14.9 Å². The summed E-state index contributed by atoms with van der Waals surface area (Å²) in [5, 5.41) is 23.9. The molecule has 4 N–H and O–H groups in total. The van der Waals surface area contributed by atoms with Gasteiger partial charge < -0.3 is 20.7 Å². The van der Waals surface area contributed by atoms with Crippen molar-refractivity contribution in [1.82, 2.24) is 19.7 Å². The summed E-state index contributed by atoms with van der Waals surface area (Å²) in [4.78, 5) is 9.26. The van der Waals surface area contributed by atoms with Gasteiger partial charge >= 0.3 is 0 Å². The number of ether oxygens (including phenoxy) is 1. The molecule has 3 aromatic heterocycles. The van der Waals surface area contributed by atoms with E-state index in [4.69, 9.17) is 20.6 Å². The van der Waals surface area contributed by atoms with E-state index in [1.165, 1.54) is 0 Å². The van der Waals surface area contributed by atoms with Gasteiger partial charge in [-0.05, 0) is 56.2 Å². The van der Waals surface area contributed by atoms with E-state index < -0.39 is 0 Å². The topological polar surface area (TPSA) is 119 Å². The van der Waals surface area contributed by atoms with Gasteiger partial charge in [0.2, 0.25) is 0 Å². The van der Waals surface area contributed by atoms with Crippen molar-refractivity contribution in [2.24, 2.45) is 5.73 Å². The molecule has 0 aliphatic heterocycles. The van der Waals surface area contributed by atoms with Gasteiger partial charge in [0.25, 0.3) is 0 Å². The van der Waals surface area contributed by atoms with Crippen molar-refractivity contribution in [3.05, 3.63) is 66.1 Å². The van der Waals surface area contributed by atoms with Gasteiger partial charge in [0.05, 0.1) is 47.4 Å². The summed E-state index contributed by atoms with van der Waals surface area (Å²) in [5.74, 6) is 1.32. The molecule has 0 fully saturated rings. The number of fused-ring (bicyclic) bond motifs is 1. The second kappa shape index (κ2) is 9.86. The minimum Gasteiger partial charge on any atom is -0.493 e. The van der Waals surface area contributed by atoms with Gasteiger partial charge in [-0.3, -0.25) is 4.98 Å². The van der Waals surface area contributed by atoms with Crippen LogP contribution in [0.2, 0.25) is 0 Å². The summed E-state index contributed by atoms with van der Waals surface area (Å²) in [6, 6.07) is 14.9. The third kappa shape index (κ3) is 4.47. The first-order valence-electron chi connectivity index (χ1n) is 10.7. The zero-order valence-corrected chi connectivity index (χ0v) is 18.0. The molecule has 1 atom stereocenters. The SMILES string of the molecule is CCOc1cc(-c2cccc([C@@H](N)CCCO)n2)cc2c1cnn2-c1cccc(CO)n1. The number of benzene rings is 1. The lowest BCUT2D eigenvalue weighted by Gasteiger charge is -2.13. The largest absolute Gasteiger partial charge is 0.493 e. The monoisotopic (exact) mass is 433 g/mol. The highest BCUT2D eigenvalue weighted by atomic mass is 16.5. The van der Waals surface area contributed by atoms with Crippen molar-refractivity contribution >= 4 is 10.9 Å². The third-order valence-corrected chi connectivity index (χ3v) is 5.24. The number of aromatic nitrogens is 4. The van der Waals surface area contributed by atoms with Crippen LogP contribution < -0.4 is 10.5 Å². The lowest BCUT2D eigenvalue weighted by molar-refractivity contribution is 0.276. The Kier molecular flexibility index (Phi) is 6.75. The van der Waals surface area contributed by atoms with Gasteiger partial charge in [-0.15, -0.1) is 0 Å². The molecular formula is C24H27N5O3. The average molecular weight is 434 g/mol. The Morgan fingerprint density at radius 1 is 1.09 bits per heavy atom. The molecule has 0 saturated heterocycles. The molecule has 0 aliphatic rings. The Bertz CT molecular complexity index is 1210. The van der Waals surface area contributed by atoms with Crippen LogP contribution in [0.3, 0.4) is 0 Å². The van der Waals surface area contributed by atoms with Crippen molar-refractivity contribution in [2.75, 3.05) is 13.2 Å². The second-order valence-electron chi connectivity index (χ2n) is 7.46. The number of hydrogen-bond donors (Lipinski definition) is 3. The summed E-state index contributed by atoms with van der Waals surface area (Å²) in [6.07, 6.45) is 3.05. The quantitative estimate of drug-likeness (QED) is 0.371. The first-order chi connectivity index (χ1) is 15.6. The highest BCUT2D eigenvalue weighted by molar-refractivity contribution is 5.90. The molecule has 1 aromatic carbocycles. The molecule has 8 heteroatoms. The zero-order valence-electron chi connectivity index (χ0n) is 18.0. The number of nitrogens with zero attached hydrogens (tertiary/aromatic N) is 4. The molecule has 166 valence electrons. The average Bonchev–Trinajstić information content (AvgIpc) is 3.27. The molecular weight excluding hydrogens is 406 g/mol. The molecule has 32 heavy (non-hydrogen) atoms. The molecule has 0 unspecified atom stereocenters. The van der Waals surface area contributed by atoms with E-state index >= 15 is 0 Å². The summed E-state index contributed by atoms with van der Waals surface area (Å²) < 4.78 is 7.65. The van der Waals surface area contributed by atoms with E-state index in [1.807, 2.05) is 49.4 Å². The van der Waals surface area contributed by atoms with Crippen LogP contribution in [-0.4, -0.2) is 43.2 Å². The van der Waals surface area contributed by atoms with Crippen LogP contribution in [0, 0.1) is 0 Å². The Labute approximate surface area is 186 Å². The van der Waals surface area contributed by atoms with Gasteiger partial charge in [0.15, 0.2) is 5.82 Å². The van der Waals surface area contributed by atoms with Crippen molar-refractivity contribution in [3.63, 3.8) is 0 Å². The fourth-order valence-electron chi connectivity index (χ4n) is 3.65. The third-order valence-electron chi connectivity index (χ3n) is 5.24. The zero-order chi connectivity index (χ0) is 22.5. The van der Waals surface area contributed by atoms with Gasteiger partial charge in [0.1, 0.15) is 5.75 Å². The van der Waals surface area contributed by atoms with Crippen LogP contribution in [-0.2, 0) is 6.61 Å². The van der Waals surface area contributed by atoms with Crippen molar-refractivity contribution in [3.8, 4) is 22.8 Å². The van der Waals surface area contributed by atoms with Gasteiger partial charge in [-0.25, -0.2) is 9.67 Å². The fourth-order valence-corrected chi connectivity index (χ4v) is 3.65. The predicted octanol–water partition coefficient (Wildman–Crippen LogP) is 3.15. The van der Waals surface area contributed by atoms with E-state index in [9.17, 15) is 5.11 Å². The highest BCUT2D eigenvalue weighted by Gasteiger charge is 2.15. The maximum Gasteiger partial charge on any atom is 0.154 e. The summed E-state index contributed by atoms with van der Waals surface area (Å²) >= 11 is 0. The molecule has 8 nitrogen and oxygen atoms in total. The number of hydrogen-bond acceptors (Lipinski definition) is 7. The smallest absolute Gasteiger partial charge is 0.154 e. The molecule has 0 radical (unpaired) electrons. The Balaban J connectivity index is 1.82. The summed E-state index contributed by atoms with van der Waals surface area (Å²) in [5.41, 5.74) is 10.1. The molecule has 4 aromatic rings. The van der Waals surface area contributed by atoms with E-state index in [1.54, 1.807) is 16.9 Å². The first kappa shape index (κ1) is 21.9. The number of pyridine rings is 2. The molecule has 3 heterocycles.